The van der Waals surface area contributed by atoms with Gasteiger partial charge in [0.05, 0.1) is 16.8 Å². The zero-order valence-corrected chi connectivity index (χ0v) is 13.5. The zero-order chi connectivity index (χ0) is 15.5. The number of nitrogens with one attached hydrogen (secondary N) is 1. The van der Waals surface area contributed by atoms with Gasteiger partial charge in [-0.2, -0.15) is 10.4 Å². The van der Waals surface area contributed by atoms with E-state index in [0.29, 0.717) is 28.6 Å². The van der Waals surface area contributed by atoms with Gasteiger partial charge in [-0.1, -0.05) is 11.6 Å². The molecule has 22 heavy (non-hydrogen) atoms. The fourth-order valence-electron chi connectivity index (χ4n) is 2.64. The Morgan fingerprint density at radius 1 is 1.50 bits per heavy atom. The second-order valence-corrected chi connectivity index (χ2v) is 6.79. The fraction of sp³-hybridized carbons (Fsp3) is 0.400. The van der Waals surface area contributed by atoms with Crippen LogP contribution in [-0.2, 0) is 24.2 Å². The summed E-state index contributed by atoms with van der Waals surface area (Å²) in [5, 5.41) is 17.5. The molecule has 0 spiro atoms. The lowest BCUT2D eigenvalue weighted by Crippen LogP contribution is -2.14. The number of carbonyl (C=O) groups excluding carboxylic acids is 1. The van der Waals surface area contributed by atoms with E-state index < -0.39 is 0 Å². The number of hydrogen-bond acceptors (Lipinski definition) is 4. The second-order valence-electron chi connectivity index (χ2n) is 5.25. The van der Waals surface area contributed by atoms with E-state index >= 15 is 0 Å². The van der Waals surface area contributed by atoms with Crippen LogP contribution >= 0.6 is 22.9 Å². The molecule has 2 aromatic heterocycles. The van der Waals surface area contributed by atoms with Gasteiger partial charge in [-0.3, -0.25) is 9.48 Å². The van der Waals surface area contributed by atoms with Crippen LogP contribution in [0, 0.1) is 11.3 Å². The topological polar surface area (TPSA) is 70.7 Å². The summed E-state index contributed by atoms with van der Waals surface area (Å²) in [6, 6.07) is 2.25. The predicted molar refractivity (Wildman–Crippen MR) is 86.2 cm³/mol. The van der Waals surface area contributed by atoms with Crippen LogP contribution < -0.4 is 5.32 Å². The Morgan fingerprint density at radius 2 is 2.32 bits per heavy atom. The van der Waals surface area contributed by atoms with E-state index in [2.05, 4.69) is 16.5 Å². The highest BCUT2D eigenvalue weighted by molar-refractivity contribution is 7.16. The lowest BCUT2D eigenvalue weighted by molar-refractivity contribution is -0.116. The lowest BCUT2D eigenvalue weighted by atomic mass is 9.96. The molecule has 0 unspecified atom stereocenters. The van der Waals surface area contributed by atoms with E-state index in [1.54, 1.807) is 28.4 Å². The normalized spacial score (nSPS) is 13.5. The number of halogens is 1. The largest absolute Gasteiger partial charge is 0.317 e. The average molecular weight is 335 g/mol. The molecule has 0 radical (unpaired) electrons. The maximum Gasteiger partial charge on any atom is 0.226 e. The fourth-order valence-corrected chi connectivity index (χ4v) is 4.05. The van der Waals surface area contributed by atoms with Crippen LogP contribution in [0.2, 0.25) is 5.02 Å². The Labute approximate surface area is 137 Å². The molecular formula is C15H15ClN4OS. The average Bonchev–Trinajstić information content (AvgIpc) is 3.08. The molecule has 5 nitrogen and oxygen atoms in total. The second kappa shape index (κ2) is 6.51. The predicted octanol–water partition coefficient (Wildman–Crippen LogP) is 3.38. The van der Waals surface area contributed by atoms with E-state index in [1.807, 2.05) is 0 Å². The molecule has 0 aliphatic heterocycles. The minimum Gasteiger partial charge on any atom is -0.317 e. The molecule has 2 aromatic rings. The van der Waals surface area contributed by atoms with Gasteiger partial charge in [0, 0.05) is 24.0 Å². The number of nitriles is 1. The Balaban J connectivity index is 1.66. The monoisotopic (exact) mass is 334 g/mol. The van der Waals surface area contributed by atoms with Gasteiger partial charge in [0.15, 0.2) is 0 Å². The molecular weight excluding hydrogens is 320 g/mol. The van der Waals surface area contributed by atoms with Gasteiger partial charge in [0.2, 0.25) is 5.91 Å². The van der Waals surface area contributed by atoms with Gasteiger partial charge in [-0.25, -0.2) is 0 Å². The van der Waals surface area contributed by atoms with Crippen molar-refractivity contribution in [1.82, 2.24) is 9.78 Å². The molecule has 2 heterocycles. The molecule has 0 fully saturated rings. The number of fused-ring (bicyclic) bond motifs is 1. The van der Waals surface area contributed by atoms with Crippen molar-refractivity contribution in [2.24, 2.45) is 0 Å². The standard InChI is InChI=1S/C15H15ClN4OS/c16-10-8-18-20(9-10)6-5-14(21)19-15-12(7-17)11-3-1-2-4-13(11)22-15/h8-9H,1-6H2,(H,19,21). The smallest absolute Gasteiger partial charge is 0.226 e. The Morgan fingerprint density at radius 3 is 3.05 bits per heavy atom. The molecule has 3 rings (SSSR count). The highest BCUT2D eigenvalue weighted by Gasteiger charge is 2.21. The van der Waals surface area contributed by atoms with Crippen molar-refractivity contribution < 1.29 is 4.79 Å². The van der Waals surface area contributed by atoms with E-state index in [1.165, 1.54) is 4.88 Å². The lowest BCUT2D eigenvalue weighted by Gasteiger charge is -2.09. The third-order valence-electron chi connectivity index (χ3n) is 3.71. The molecule has 114 valence electrons. The van der Waals surface area contributed by atoms with Gasteiger partial charge in [0.1, 0.15) is 11.1 Å². The van der Waals surface area contributed by atoms with Crippen LogP contribution in [0.4, 0.5) is 5.00 Å². The quantitative estimate of drug-likeness (QED) is 0.931. The first-order chi connectivity index (χ1) is 10.7. The van der Waals surface area contributed by atoms with Crippen molar-refractivity contribution >= 4 is 33.8 Å². The van der Waals surface area contributed by atoms with Crippen LogP contribution in [0.15, 0.2) is 12.4 Å². The van der Waals surface area contributed by atoms with Crippen LogP contribution in [-0.4, -0.2) is 15.7 Å². The third-order valence-corrected chi connectivity index (χ3v) is 5.11. The minimum atomic E-state index is -0.110. The minimum absolute atomic E-state index is 0.110. The Kier molecular flexibility index (Phi) is 4.46. The number of carbonyl (C=O) groups is 1. The summed E-state index contributed by atoms with van der Waals surface area (Å²) in [6.07, 6.45) is 7.75. The Hall–Kier alpha value is -1.84. The van der Waals surface area contributed by atoms with E-state index in [9.17, 15) is 10.1 Å². The first-order valence-electron chi connectivity index (χ1n) is 7.20. The van der Waals surface area contributed by atoms with Crippen LogP contribution in [0.3, 0.4) is 0 Å². The summed E-state index contributed by atoms with van der Waals surface area (Å²) < 4.78 is 1.63. The summed E-state index contributed by atoms with van der Waals surface area (Å²) in [7, 11) is 0. The number of amides is 1. The summed E-state index contributed by atoms with van der Waals surface area (Å²) >= 11 is 7.33. The molecule has 1 aliphatic rings. The van der Waals surface area contributed by atoms with Gasteiger partial charge < -0.3 is 5.32 Å². The first kappa shape index (κ1) is 15.1. The van der Waals surface area contributed by atoms with Gasteiger partial charge in [0.25, 0.3) is 0 Å². The number of anilines is 1. The van der Waals surface area contributed by atoms with Crippen LogP contribution in [0.5, 0.6) is 0 Å². The number of thiophene rings is 1. The van der Waals surface area contributed by atoms with Crippen LogP contribution in [0.25, 0.3) is 0 Å². The van der Waals surface area contributed by atoms with E-state index in [-0.39, 0.29) is 5.91 Å². The van der Waals surface area contributed by atoms with Crippen molar-refractivity contribution in [2.75, 3.05) is 5.32 Å². The van der Waals surface area contributed by atoms with Crippen molar-refractivity contribution in [1.29, 1.82) is 5.26 Å². The van der Waals surface area contributed by atoms with Crippen molar-refractivity contribution in [3.8, 4) is 6.07 Å². The van der Waals surface area contributed by atoms with E-state index in [0.717, 1.165) is 31.2 Å². The molecule has 1 aliphatic carbocycles. The number of aryl methyl sites for hydroxylation is 2. The number of nitrogens with zero attached hydrogens (tertiary/aromatic N) is 3. The SMILES string of the molecule is N#Cc1c(NC(=O)CCn2cc(Cl)cn2)sc2c1CCCC2. The number of aromatic nitrogens is 2. The molecule has 0 atom stereocenters. The molecule has 7 heteroatoms. The molecule has 0 bridgehead atoms. The van der Waals surface area contributed by atoms with Crippen LogP contribution in [0.1, 0.15) is 35.3 Å². The first-order valence-corrected chi connectivity index (χ1v) is 8.39. The highest BCUT2D eigenvalue weighted by atomic mass is 35.5. The molecule has 1 amide bonds. The molecule has 0 saturated heterocycles. The summed E-state index contributed by atoms with van der Waals surface area (Å²) in [6.45, 7) is 0.464. The molecule has 0 saturated carbocycles. The number of hydrogen-bond donors (Lipinski definition) is 1. The van der Waals surface area contributed by atoms with Crippen molar-refractivity contribution in [2.45, 2.75) is 38.6 Å². The summed E-state index contributed by atoms with van der Waals surface area (Å²) in [4.78, 5) is 13.3. The van der Waals surface area contributed by atoms with Crippen molar-refractivity contribution in [3.05, 3.63) is 33.4 Å². The number of rotatable bonds is 4. The van der Waals surface area contributed by atoms with Crippen molar-refractivity contribution in [3.63, 3.8) is 0 Å². The highest BCUT2D eigenvalue weighted by Crippen LogP contribution is 2.37. The maximum atomic E-state index is 12.1. The molecule has 0 aromatic carbocycles. The van der Waals surface area contributed by atoms with Gasteiger partial charge in [-0.05, 0) is 31.2 Å². The van der Waals surface area contributed by atoms with Gasteiger partial charge in [-0.15, -0.1) is 11.3 Å². The van der Waals surface area contributed by atoms with Gasteiger partial charge >= 0.3 is 0 Å². The summed E-state index contributed by atoms with van der Waals surface area (Å²) in [5.41, 5.74) is 1.78. The third kappa shape index (κ3) is 3.16. The zero-order valence-electron chi connectivity index (χ0n) is 11.9. The van der Waals surface area contributed by atoms with E-state index in [4.69, 9.17) is 11.6 Å². The summed E-state index contributed by atoms with van der Waals surface area (Å²) in [5.74, 6) is -0.110. The Bertz CT molecular complexity index is 743. The molecule has 1 N–H and O–H groups in total. The maximum absolute atomic E-state index is 12.1.